The molecule has 0 unspecified atom stereocenters. The van der Waals surface area contributed by atoms with Crippen LogP contribution in [0.4, 0.5) is 4.39 Å². The lowest BCUT2D eigenvalue weighted by Crippen LogP contribution is -2.41. The fraction of sp³-hybridized carbons (Fsp3) is 0.556. The number of hydrogen-bond acceptors (Lipinski definition) is 7. The fourth-order valence-electron chi connectivity index (χ4n) is 2.03. The van der Waals surface area contributed by atoms with Crippen molar-refractivity contribution in [1.82, 2.24) is 9.55 Å². The van der Waals surface area contributed by atoms with E-state index in [1.54, 1.807) is 4.98 Å². The topological polar surface area (TPSA) is 148 Å². The monoisotopic (exact) mass is 326 g/mol. The van der Waals surface area contributed by atoms with Crippen LogP contribution in [0, 0.1) is 5.82 Å². The highest BCUT2D eigenvalue weighted by atomic mass is 32.3. The van der Waals surface area contributed by atoms with Gasteiger partial charge >= 0.3 is 16.1 Å². The Morgan fingerprint density at radius 1 is 1.52 bits per heavy atom. The van der Waals surface area contributed by atoms with Gasteiger partial charge in [0.25, 0.3) is 5.56 Å². The summed E-state index contributed by atoms with van der Waals surface area (Å²) in [6.07, 6.45) is -2.05. The van der Waals surface area contributed by atoms with Crippen molar-refractivity contribution in [3.8, 4) is 0 Å². The average Bonchev–Trinajstić information content (AvgIpc) is 2.74. The number of aliphatic hydroxyl groups is 1. The number of ether oxygens (including phenoxy) is 1. The molecule has 2 heterocycles. The summed E-state index contributed by atoms with van der Waals surface area (Å²) in [5.41, 5.74) is -2.25. The second-order valence-electron chi connectivity index (χ2n) is 4.25. The van der Waals surface area contributed by atoms with Gasteiger partial charge in [-0.25, -0.2) is 8.98 Å². The lowest BCUT2D eigenvalue weighted by molar-refractivity contribution is 0.0101. The molecule has 0 radical (unpaired) electrons. The molecular formula is C9H11FN2O8S. The lowest BCUT2D eigenvalue weighted by atomic mass is 10.1. The molecule has 1 fully saturated rings. The van der Waals surface area contributed by atoms with Crippen LogP contribution in [-0.4, -0.2) is 53.0 Å². The summed E-state index contributed by atoms with van der Waals surface area (Å²) in [5, 5.41) is 9.07. The van der Waals surface area contributed by atoms with Crippen molar-refractivity contribution in [3.63, 3.8) is 0 Å². The number of nitrogens with zero attached hydrogens (tertiary/aromatic N) is 1. The van der Waals surface area contributed by atoms with Gasteiger partial charge in [-0.15, -0.1) is 0 Å². The minimum atomic E-state index is -4.89. The van der Waals surface area contributed by atoms with E-state index in [2.05, 4.69) is 4.18 Å². The van der Waals surface area contributed by atoms with Crippen molar-refractivity contribution in [2.24, 2.45) is 0 Å². The Morgan fingerprint density at radius 3 is 2.76 bits per heavy atom. The molecule has 1 saturated heterocycles. The second kappa shape index (κ2) is 5.65. The van der Waals surface area contributed by atoms with Crippen LogP contribution in [0.1, 0.15) is 6.04 Å². The number of aromatic nitrogens is 2. The van der Waals surface area contributed by atoms with Gasteiger partial charge in [0.2, 0.25) is 5.82 Å². The SMILES string of the molecule is O=c1[nH]c(=O)n([C@@H]2CO[C@H](CO)[C@H]2OS(=O)(=O)O)cc1F. The molecule has 1 aliphatic heterocycles. The third-order valence-corrected chi connectivity index (χ3v) is 3.39. The third-order valence-electron chi connectivity index (χ3n) is 2.92. The van der Waals surface area contributed by atoms with E-state index >= 15 is 0 Å². The predicted octanol–water partition coefficient (Wildman–Crippen LogP) is -2.20. The van der Waals surface area contributed by atoms with Crippen LogP contribution in [0.2, 0.25) is 0 Å². The fourth-order valence-corrected chi connectivity index (χ4v) is 2.56. The van der Waals surface area contributed by atoms with E-state index in [1.807, 2.05) is 0 Å². The smallest absolute Gasteiger partial charge is 0.394 e. The van der Waals surface area contributed by atoms with E-state index in [0.717, 1.165) is 0 Å². The Morgan fingerprint density at radius 2 is 2.19 bits per heavy atom. The molecule has 3 N–H and O–H groups in total. The summed E-state index contributed by atoms with van der Waals surface area (Å²) >= 11 is 0. The molecule has 118 valence electrons. The van der Waals surface area contributed by atoms with Crippen molar-refractivity contribution in [2.45, 2.75) is 18.2 Å². The van der Waals surface area contributed by atoms with E-state index in [9.17, 15) is 22.4 Å². The maximum Gasteiger partial charge on any atom is 0.397 e. The zero-order chi connectivity index (χ0) is 15.8. The normalized spacial score (nSPS) is 26.1. The molecule has 12 heteroatoms. The van der Waals surface area contributed by atoms with Gasteiger partial charge in [-0.05, 0) is 0 Å². The van der Waals surface area contributed by atoms with Crippen molar-refractivity contribution < 1.29 is 31.4 Å². The number of rotatable bonds is 4. The number of aromatic amines is 1. The van der Waals surface area contributed by atoms with Crippen LogP contribution in [0.15, 0.2) is 15.8 Å². The average molecular weight is 326 g/mol. The number of aliphatic hydroxyl groups excluding tert-OH is 1. The Kier molecular flexibility index (Phi) is 4.25. The largest absolute Gasteiger partial charge is 0.397 e. The van der Waals surface area contributed by atoms with E-state index < -0.39 is 52.3 Å². The number of nitrogens with one attached hydrogen (secondary N) is 1. The van der Waals surface area contributed by atoms with Gasteiger partial charge in [-0.1, -0.05) is 0 Å². The molecule has 1 aromatic rings. The molecular weight excluding hydrogens is 315 g/mol. The van der Waals surface area contributed by atoms with E-state index in [0.29, 0.717) is 10.8 Å². The molecule has 0 bridgehead atoms. The van der Waals surface area contributed by atoms with Gasteiger partial charge in [0.05, 0.1) is 25.5 Å². The lowest BCUT2D eigenvalue weighted by Gasteiger charge is -2.21. The molecule has 1 aliphatic rings. The van der Waals surface area contributed by atoms with Crippen molar-refractivity contribution in [2.75, 3.05) is 13.2 Å². The summed E-state index contributed by atoms with van der Waals surface area (Å²) in [4.78, 5) is 24.3. The summed E-state index contributed by atoms with van der Waals surface area (Å²) in [6.45, 7) is -0.950. The van der Waals surface area contributed by atoms with Gasteiger partial charge in [0, 0.05) is 0 Å². The minimum Gasteiger partial charge on any atom is -0.394 e. The summed E-state index contributed by atoms with van der Waals surface area (Å²) < 4.78 is 53.6. The van der Waals surface area contributed by atoms with Gasteiger partial charge in [-0.2, -0.15) is 12.8 Å². The predicted molar refractivity (Wildman–Crippen MR) is 63.6 cm³/mol. The Balaban J connectivity index is 2.44. The minimum absolute atomic E-state index is 0.295. The van der Waals surface area contributed by atoms with E-state index in [1.165, 1.54) is 0 Å². The third kappa shape index (κ3) is 3.36. The van der Waals surface area contributed by atoms with E-state index in [-0.39, 0.29) is 6.61 Å². The Hall–Kier alpha value is -1.60. The van der Waals surface area contributed by atoms with Crippen molar-refractivity contribution in [1.29, 1.82) is 0 Å². The highest BCUT2D eigenvalue weighted by Gasteiger charge is 2.42. The zero-order valence-electron chi connectivity index (χ0n) is 10.3. The van der Waals surface area contributed by atoms with Crippen LogP contribution in [0.5, 0.6) is 0 Å². The molecule has 0 spiro atoms. The van der Waals surface area contributed by atoms with Gasteiger partial charge in [-0.3, -0.25) is 18.9 Å². The first-order valence-corrected chi connectivity index (χ1v) is 6.98. The van der Waals surface area contributed by atoms with Gasteiger partial charge in [0.15, 0.2) is 0 Å². The maximum atomic E-state index is 13.3. The number of hydrogen-bond donors (Lipinski definition) is 3. The first kappa shape index (κ1) is 15.8. The highest BCUT2D eigenvalue weighted by molar-refractivity contribution is 7.80. The summed E-state index contributed by atoms with van der Waals surface area (Å²) in [7, 11) is -4.89. The van der Waals surface area contributed by atoms with Crippen LogP contribution < -0.4 is 11.2 Å². The molecule has 0 saturated carbocycles. The van der Waals surface area contributed by atoms with E-state index in [4.69, 9.17) is 14.4 Å². The van der Waals surface area contributed by atoms with Crippen molar-refractivity contribution in [3.05, 3.63) is 32.9 Å². The van der Waals surface area contributed by atoms with Crippen LogP contribution in [0.25, 0.3) is 0 Å². The molecule has 1 aromatic heterocycles. The van der Waals surface area contributed by atoms with Crippen LogP contribution >= 0.6 is 0 Å². The van der Waals surface area contributed by atoms with Gasteiger partial charge in [0.1, 0.15) is 12.2 Å². The van der Waals surface area contributed by atoms with Crippen molar-refractivity contribution >= 4 is 10.4 Å². The number of halogens is 1. The number of H-pyrrole nitrogens is 1. The highest BCUT2D eigenvalue weighted by Crippen LogP contribution is 2.27. The van der Waals surface area contributed by atoms with Crippen LogP contribution in [-0.2, 0) is 19.3 Å². The first-order chi connectivity index (χ1) is 9.73. The van der Waals surface area contributed by atoms with Gasteiger partial charge < -0.3 is 9.84 Å². The van der Waals surface area contributed by atoms with Crippen LogP contribution in [0.3, 0.4) is 0 Å². The molecule has 2 rings (SSSR count). The summed E-state index contributed by atoms with van der Waals surface area (Å²) in [6, 6.07) is -1.16. The quantitative estimate of drug-likeness (QED) is 0.528. The molecule has 10 nitrogen and oxygen atoms in total. The first-order valence-electron chi connectivity index (χ1n) is 5.62. The second-order valence-corrected chi connectivity index (χ2v) is 5.30. The maximum absolute atomic E-state index is 13.3. The Labute approximate surface area is 116 Å². The Bertz CT molecular complexity index is 741. The molecule has 0 aliphatic carbocycles. The molecule has 3 atom stereocenters. The summed E-state index contributed by atoms with van der Waals surface area (Å²) in [5.74, 6) is -1.27. The molecule has 21 heavy (non-hydrogen) atoms. The molecule has 0 amide bonds. The molecule has 0 aromatic carbocycles. The standard InChI is InChI=1S/C9H11FN2O8S/c10-4-1-12(9(15)11-8(4)14)5-3-19-6(2-13)7(5)20-21(16,17)18/h1,5-7,13H,2-3H2,(H,11,14,15)(H,16,17,18)/t5-,6-,7+/m1/s1. The zero-order valence-corrected chi connectivity index (χ0v) is 11.1.